The Bertz CT molecular complexity index is 2190. The van der Waals surface area contributed by atoms with Crippen LogP contribution in [0.1, 0.15) is 308 Å². The van der Waals surface area contributed by atoms with Crippen LogP contribution in [0.3, 0.4) is 0 Å². The van der Waals surface area contributed by atoms with Gasteiger partial charge in [-0.1, -0.05) is 0 Å². The fourth-order valence-corrected chi connectivity index (χ4v) is 22.1. The van der Waals surface area contributed by atoms with E-state index in [9.17, 15) is 0 Å². The molecule has 0 bridgehead atoms. The van der Waals surface area contributed by atoms with Crippen LogP contribution in [-0.2, 0) is 0 Å². The van der Waals surface area contributed by atoms with E-state index in [0.29, 0.717) is 0 Å². The molecule has 0 amide bonds. The van der Waals surface area contributed by atoms with Gasteiger partial charge in [0.2, 0.25) is 0 Å². The molecule has 0 N–H and O–H groups in total. The van der Waals surface area contributed by atoms with E-state index >= 15 is 0 Å². The average molecular weight is 1060 g/mol. The maximum absolute atomic E-state index is 1.87. The number of hydrogen-bond acceptors (Lipinski definition) is 0. The fourth-order valence-electron chi connectivity index (χ4n) is 22.1. The summed E-state index contributed by atoms with van der Waals surface area (Å²) in [7, 11) is 0. The van der Waals surface area contributed by atoms with Gasteiger partial charge in [0.15, 0.2) is 0 Å². The van der Waals surface area contributed by atoms with Gasteiger partial charge in [0, 0.05) is 0 Å². The maximum Gasteiger partial charge on any atom is -0.0270 e. The van der Waals surface area contributed by atoms with Gasteiger partial charge in [-0.2, -0.15) is 0 Å². The Morgan fingerprint density at radius 1 is 0.0625 bits per heavy atom. The summed E-state index contributed by atoms with van der Waals surface area (Å²) in [5.41, 5.74) is 59.9. The zero-order chi connectivity index (χ0) is 52.4. The van der Waals surface area contributed by atoms with Crippen LogP contribution in [0.4, 0.5) is 0 Å². The normalized spacial score (nSPS) is 28.8. The molecule has 80 heavy (non-hydrogen) atoms. The topological polar surface area (TPSA) is 0 Å². The minimum atomic E-state index is 1.35. The van der Waals surface area contributed by atoms with Crippen molar-refractivity contribution in [1.29, 1.82) is 0 Å². The molecule has 0 aromatic rings. The molecule has 0 nitrogen and oxygen atoms in total. The van der Waals surface area contributed by atoms with Gasteiger partial charge in [-0.25, -0.2) is 0 Å². The van der Waals surface area contributed by atoms with Crippen molar-refractivity contribution in [3.63, 3.8) is 0 Å². The maximum atomic E-state index is 1.87. The molecule has 0 aromatic carbocycles. The molecule has 0 fully saturated rings. The molecule has 0 unspecified atom stereocenters. The van der Waals surface area contributed by atoms with Gasteiger partial charge in [0.1, 0.15) is 0 Å². The summed E-state index contributed by atoms with van der Waals surface area (Å²) in [6.07, 6.45) is 65.4. The van der Waals surface area contributed by atoms with E-state index in [1.807, 2.05) is 178 Å². The molecule has 0 atom stereocenters. The Labute approximate surface area is 483 Å². The second-order valence-electron chi connectivity index (χ2n) is 29.0. The van der Waals surface area contributed by atoms with Crippen LogP contribution in [0.25, 0.3) is 0 Å². The van der Waals surface area contributed by atoms with Gasteiger partial charge in [0.25, 0.3) is 0 Å². The Hall–Kier alpha value is -4.16. The lowest BCUT2D eigenvalue weighted by Crippen LogP contribution is -2.21. The molecule has 0 saturated carbocycles. The van der Waals surface area contributed by atoms with Crippen molar-refractivity contribution >= 4 is 0 Å². The van der Waals surface area contributed by atoms with Gasteiger partial charge in [-0.3, -0.25) is 0 Å². The second-order valence-corrected chi connectivity index (χ2v) is 29.0. The summed E-state index contributed by atoms with van der Waals surface area (Å²) in [6.45, 7) is 0. The molecular weight excluding hydrogens is 961 g/mol. The average Bonchev–Trinajstić information content (AvgIpc) is 3.45. The van der Waals surface area contributed by atoms with Crippen LogP contribution < -0.4 is 0 Å². The van der Waals surface area contributed by atoms with E-state index < -0.39 is 0 Å². The summed E-state index contributed by atoms with van der Waals surface area (Å²) in [4.78, 5) is 0. The van der Waals surface area contributed by atoms with E-state index in [1.165, 1.54) is 308 Å². The van der Waals surface area contributed by atoms with E-state index in [-0.39, 0.29) is 0 Å². The van der Waals surface area contributed by atoms with Crippen molar-refractivity contribution in [2.24, 2.45) is 0 Å². The summed E-state index contributed by atoms with van der Waals surface area (Å²) in [6, 6.07) is 0. The molecule has 0 aromatic heterocycles. The highest BCUT2D eigenvalue weighted by atomic mass is 14.4. The van der Waals surface area contributed by atoms with Crippen molar-refractivity contribution in [1.82, 2.24) is 0 Å². The largest absolute Gasteiger partial charge is 0.0451 e. The Balaban J connectivity index is 0.622. The second kappa shape index (κ2) is 20.9. The van der Waals surface area contributed by atoms with Gasteiger partial charge in [-0.05, 0) is 487 Å². The van der Waals surface area contributed by atoms with Crippen molar-refractivity contribution in [2.75, 3.05) is 0 Å². The van der Waals surface area contributed by atoms with Crippen LogP contribution >= 0.6 is 0 Å². The molecule has 16 rings (SSSR count). The molecule has 0 heterocycles. The smallest absolute Gasteiger partial charge is 0.0270 e. The predicted molar refractivity (Wildman–Crippen MR) is 334 cm³/mol. The first-order chi connectivity index (χ1) is 39.7. The summed E-state index contributed by atoms with van der Waals surface area (Å²) < 4.78 is 0. The third kappa shape index (κ3) is 8.11. The van der Waals surface area contributed by atoms with Crippen LogP contribution in [0.2, 0.25) is 0 Å². The lowest BCUT2D eigenvalue weighted by Gasteiger charge is -2.40. The highest BCUT2D eigenvalue weighted by Gasteiger charge is 2.40. The first-order valence-corrected chi connectivity index (χ1v) is 35.3. The minimum absolute atomic E-state index is 1.35. The summed E-state index contributed by atoms with van der Waals surface area (Å²) in [5.74, 6) is 0. The Kier molecular flexibility index (Phi) is 13.1. The van der Waals surface area contributed by atoms with Crippen molar-refractivity contribution in [2.45, 2.75) is 308 Å². The zero-order valence-corrected chi connectivity index (χ0v) is 49.9. The number of fused-ring (bicyclic) bond motifs is 16. The number of rotatable bonds is 0. The number of allylic oxidation sites excluding steroid dienone is 32. The van der Waals surface area contributed by atoms with Gasteiger partial charge >= 0.3 is 0 Å². The third-order valence-corrected chi connectivity index (χ3v) is 25.3. The highest BCUT2D eigenvalue weighted by molar-refractivity contribution is 5.68. The molecule has 0 saturated heterocycles. The predicted octanol–water partition coefficient (Wildman–Crippen LogP) is 23.7. The zero-order valence-electron chi connectivity index (χ0n) is 49.9. The van der Waals surface area contributed by atoms with Gasteiger partial charge < -0.3 is 0 Å². The van der Waals surface area contributed by atoms with E-state index in [2.05, 4.69) is 0 Å². The van der Waals surface area contributed by atoms with E-state index in [0.717, 1.165) is 0 Å². The molecule has 416 valence electrons. The minimum Gasteiger partial charge on any atom is -0.0451 e. The summed E-state index contributed by atoms with van der Waals surface area (Å²) >= 11 is 0. The highest BCUT2D eigenvalue weighted by Crippen LogP contribution is 2.59. The quantitative estimate of drug-likeness (QED) is 0.227. The van der Waals surface area contributed by atoms with E-state index in [4.69, 9.17) is 0 Å². The SMILES string of the molecule is C1CC2=C3CCCC4=C(C1)C1=C4CCCC4=C(CCC1)C1=C4CCCC4=C(CCC1)C1=C4CCCC4=C(CCC1)C1=C4CCCC4=C(CCC1)C1=C4CCCC4=C(CCC1)C1=C4CCCC4=C(CCC1)C1=C4CCCC3=C2CCC1. The van der Waals surface area contributed by atoms with Crippen molar-refractivity contribution in [3.05, 3.63) is 178 Å². The monoisotopic (exact) mass is 1060 g/mol. The molecule has 0 aliphatic heterocycles. The standard InChI is InChI=1S/C80H96/c1-17-49-51-19-2-20-52-50(18-1)54-22-4-26-58-60(28-6-24-56(52)54)64-32-10-36-68-66(34-8-30-62(58)64)70-38-12-42-74-76(44-14-40-72(68)70)80-48-16-47-79-75-43-13-39-71-67-35-9-31-63-59-27-5-23-55(51)53(49)21-3-25-57(59)61(63)29-7-33-65(67)69(71)37-11-41-73(75)77(79)45-15-46-78(74)80/h1-48H2. The molecule has 0 heteroatoms. The van der Waals surface area contributed by atoms with Crippen LogP contribution in [0.15, 0.2) is 178 Å². The Morgan fingerprint density at radius 3 is 0.138 bits per heavy atom. The Morgan fingerprint density at radius 2 is 0.100 bits per heavy atom. The first kappa shape index (κ1) is 50.4. The first-order valence-electron chi connectivity index (χ1n) is 35.3. The fraction of sp³-hybridized carbons (Fsp3) is 0.600. The number of hydrogen-bond donors (Lipinski definition) is 0. The van der Waals surface area contributed by atoms with Crippen molar-refractivity contribution in [3.8, 4) is 0 Å². The lowest BCUT2D eigenvalue weighted by molar-refractivity contribution is 0.611. The summed E-state index contributed by atoms with van der Waals surface area (Å²) in [5, 5.41) is 0. The lowest BCUT2D eigenvalue weighted by atomic mass is 9.65. The molecule has 16 aliphatic carbocycles. The van der Waals surface area contributed by atoms with Crippen LogP contribution in [0, 0.1) is 0 Å². The third-order valence-electron chi connectivity index (χ3n) is 25.3. The molecule has 0 radical (unpaired) electrons. The van der Waals surface area contributed by atoms with E-state index in [1.54, 1.807) is 0 Å². The van der Waals surface area contributed by atoms with Crippen LogP contribution in [-0.4, -0.2) is 0 Å². The molecular formula is C80H96. The van der Waals surface area contributed by atoms with Gasteiger partial charge in [0.05, 0.1) is 0 Å². The van der Waals surface area contributed by atoms with Crippen LogP contribution in [0.5, 0.6) is 0 Å². The van der Waals surface area contributed by atoms with Gasteiger partial charge in [-0.15, -0.1) is 0 Å². The molecule has 16 aliphatic rings. The molecule has 0 spiro atoms. The van der Waals surface area contributed by atoms with Crippen molar-refractivity contribution < 1.29 is 0 Å².